The molecule has 0 aliphatic carbocycles. The summed E-state index contributed by atoms with van der Waals surface area (Å²) in [6.07, 6.45) is 2.83. The third kappa shape index (κ3) is 5.83. The average molecular weight is 382 g/mol. The Morgan fingerprint density at radius 3 is 2.85 bits per heavy atom. The van der Waals surface area contributed by atoms with E-state index in [0.717, 1.165) is 17.7 Å². The van der Waals surface area contributed by atoms with E-state index >= 15 is 0 Å². The van der Waals surface area contributed by atoms with Gasteiger partial charge in [0.25, 0.3) is 0 Å². The van der Waals surface area contributed by atoms with Crippen LogP contribution in [-0.4, -0.2) is 42.2 Å². The number of nitrogens with two attached hydrogens (primary N) is 1. The number of hydrazone groups is 1. The highest BCUT2D eigenvalue weighted by molar-refractivity contribution is 6.31. The molecular weight excluding hydrogens is 365 g/mol. The first kappa shape index (κ1) is 19.9. The van der Waals surface area contributed by atoms with Crippen molar-refractivity contribution in [3.63, 3.8) is 0 Å². The number of benzene rings is 1. The maximum absolute atomic E-state index is 13.4. The number of nitrogens with one attached hydrogen (secondary N) is 1. The number of aliphatic imine (C=N–C) groups is 1. The van der Waals surface area contributed by atoms with Gasteiger partial charge in [-0.1, -0.05) is 0 Å². The first-order valence-electron chi connectivity index (χ1n) is 7.62. The third-order valence-corrected chi connectivity index (χ3v) is 3.19. The van der Waals surface area contributed by atoms with Gasteiger partial charge in [-0.2, -0.15) is 18.9 Å². The highest BCUT2D eigenvalue weighted by Crippen LogP contribution is 2.25. The van der Waals surface area contributed by atoms with Crippen molar-refractivity contribution < 1.29 is 22.6 Å². The van der Waals surface area contributed by atoms with Gasteiger partial charge in [-0.15, -0.1) is 0 Å². The molecule has 2 aromatic rings. The third-order valence-electron chi connectivity index (χ3n) is 3.19. The molecule has 2 rings (SSSR count). The molecule has 0 fully saturated rings. The highest BCUT2D eigenvalue weighted by atomic mass is 19.3. The lowest BCUT2D eigenvalue weighted by atomic mass is 10.3. The number of alkyl halides is 2. The largest absolute Gasteiger partial charge is 0.457 e. The summed E-state index contributed by atoms with van der Waals surface area (Å²) in [5, 5.41) is 6.41. The number of hydrogen-bond acceptors (Lipinski definition) is 8. The monoisotopic (exact) mass is 382 g/mol. The van der Waals surface area contributed by atoms with Crippen molar-refractivity contribution in [1.29, 1.82) is 0 Å². The molecule has 0 unspecified atom stereocenters. The van der Waals surface area contributed by atoms with Gasteiger partial charge in [0.05, 0.1) is 11.9 Å². The minimum absolute atomic E-state index is 0.0895. The van der Waals surface area contributed by atoms with Gasteiger partial charge in [0.15, 0.2) is 11.6 Å². The van der Waals surface area contributed by atoms with E-state index in [9.17, 15) is 13.2 Å². The van der Waals surface area contributed by atoms with E-state index in [1.165, 1.54) is 12.3 Å². The van der Waals surface area contributed by atoms with Crippen LogP contribution in [0.3, 0.4) is 0 Å². The minimum atomic E-state index is -3.15. The zero-order valence-corrected chi connectivity index (χ0v) is 14.5. The lowest BCUT2D eigenvalue weighted by Gasteiger charge is -2.07. The molecule has 0 amide bonds. The summed E-state index contributed by atoms with van der Waals surface area (Å²) in [7, 11) is 1.72. The van der Waals surface area contributed by atoms with Gasteiger partial charge in [0, 0.05) is 24.9 Å². The quantitative estimate of drug-likeness (QED) is 0.413. The normalized spacial score (nSPS) is 11.9. The lowest BCUT2D eigenvalue weighted by Crippen LogP contribution is -2.16. The molecule has 27 heavy (non-hydrogen) atoms. The fraction of sp³-hybridized carbons (Fsp3) is 0.250. The van der Waals surface area contributed by atoms with E-state index in [0.29, 0.717) is 5.82 Å². The summed E-state index contributed by atoms with van der Waals surface area (Å²) in [5.74, 6) is 4.35. The molecular formula is C16H17F3N6O2. The molecule has 0 spiro atoms. The van der Waals surface area contributed by atoms with E-state index in [1.54, 1.807) is 13.2 Å². The smallest absolute Gasteiger partial charge is 0.387 e. The molecule has 1 aromatic carbocycles. The van der Waals surface area contributed by atoms with Crippen LogP contribution in [0.15, 0.2) is 34.5 Å². The second kappa shape index (κ2) is 9.36. The number of halogens is 3. The van der Waals surface area contributed by atoms with Gasteiger partial charge in [0.2, 0.25) is 0 Å². The standard InChI is InChI=1S/C16H17F3N6O2/c1-9-6-23-16(24-14(9)21-2)26-8-11(25-20)7-22-10-3-4-12(17)13(5-10)27-15(18)19/h3-7,15H,8,20H2,1-2H3,(H,21,23,24). The lowest BCUT2D eigenvalue weighted by molar-refractivity contribution is -0.0521. The molecule has 0 saturated heterocycles. The Morgan fingerprint density at radius 1 is 1.41 bits per heavy atom. The van der Waals surface area contributed by atoms with E-state index in [-0.39, 0.29) is 24.0 Å². The van der Waals surface area contributed by atoms with Crippen LogP contribution in [0, 0.1) is 12.7 Å². The van der Waals surface area contributed by atoms with Crippen LogP contribution in [-0.2, 0) is 0 Å². The van der Waals surface area contributed by atoms with Crippen molar-refractivity contribution in [2.45, 2.75) is 13.5 Å². The van der Waals surface area contributed by atoms with Crippen LogP contribution >= 0.6 is 0 Å². The number of nitrogens with zero attached hydrogens (tertiary/aromatic N) is 4. The second-order valence-corrected chi connectivity index (χ2v) is 5.09. The van der Waals surface area contributed by atoms with E-state index in [1.807, 2.05) is 6.92 Å². The van der Waals surface area contributed by atoms with E-state index in [4.69, 9.17) is 10.6 Å². The summed E-state index contributed by atoms with van der Waals surface area (Å²) < 4.78 is 47.4. The summed E-state index contributed by atoms with van der Waals surface area (Å²) in [6, 6.07) is 3.37. The van der Waals surface area contributed by atoms with Gasteiger partial charge in [-0.25, -0.2) is 9.37 Å². The van der Waals surface area contributed by atoms with Crippen LogP contribution in [0.5, 0.6) is 11.8 Å². The Balaban J connectivity index is 2.04. The molecule has 1 aromatic heterocycles. The number of aromatic nitrogens is 2. The fourth-order valence-electron chi connectivity index (χ4n) is 1.90. The first-order valence-corrected chi connectivity index (χ1v) is 7.62. The van der Waals surface area contributed by atoms with Crippen molar-refractivity contribution in [1.82, 2.24) is 9.97 Å². The van der Waals surface area contributed by atoms with Crippen LogP contribution in [0.4, 0.5) is 24.7 Å². The topological polar surface area (TPSA) is 107 Å². The first-order chi connectivity index (χ1) is 12.9. The summed E-state index contributed by atoms with van der Waals surface area (Å²) in [5.41, 5.74) is 1.22. The molecule has 1 heterocycles. The molecule has 144 valence electrons. The molecule has 8 nitrogen and oxygen atoms in total. The maximum atomic E-state index is 13.4. The molecule has 3 N–H and O–H groups in total. The second-order valence-electron chi connectivity index (χ2n) is 5.09. The Kier molecular flexibility index (Phi) is 6.92. The predicted molar refractivity (Wildman–Crippen MR) is 94.6 cm³/mol. The zero-order valence-electron chi connectivity index (χ0n) is 14.5. The van der Waals surface area contributed by atoms with Gasteiger partial charge < -0.3 is 20.6 Å². The molecule has 0 bridgehead atoms. The predicted octanol–water partition coefficient (Wildman–Crippen LogP) is 2.66. The van der Waals surface area contributed by atoms with Gasteiger partial charge in [0.1, 0.15) is 18.1 Å². The summed E-state index contributed by atoms with van der Waals surface area (Å²) >= 11 is 0. The maximum Gasteiger partial charge on any atom is 0.387 e. The molecule has 0 radical (unpaired) electrons. The molecule has 11 heteroatoms. The summed E-state index contributed by atoms with van der Waals surface area (Å²) in [4.78, 5) is 12.2. The Morgan fingerprint density at radius 2 is 2.19 bits per heavy atom. The Bertz CT molecular complexity index is 845. The molecule has 0 aliphatic rings. The number of anilines is 1. The van der Waals surface area contributed by atoms with Gasteiger partial charge in [-0.05, 0) is 19.1 Å². The minimum Gasteiger partial charge on any atom is -0.457 e. The van der Waals surface area contributed by atoms with Crippen LogP contribution < -0.4 is 20.6 Å². The van der Waals surface area contributed by atoms with Crippen molar-refractivity contribution in [2.75, 3.05) is 19.0 Å². The fourth-order valence-corrected chi connectivity index (χ4v) is 1.90. The van der Waals surface area contributed by atoms with Gasteiger partial charge in [-0.3, -0.25) is 4.99 Å². The Hall–Kier alpha value is -3.37. The van der Waals surface area contributed by atoms with Crippen molar-refractivity contribution in [3.8, 4) is 11.8 Å². The Labute approximate surface area is 152 Å². The number of ether oxygens (including phenoxy) is 2. The number of hydrogen-bond donors (Lipinski definition) is 2. The molecule has 0 saturated carbocycles. The van der Waals surface area contributed by atoms with Crippen LogP contribution in [0.1, 0.15) is 5.56 Å². The SMILES string of the molecule is CNc1nc(OCC(C=Nc2ccc(F)c(OC(F)F)c2)=NN)ncc1C. The number of rotatable bonds is 8. The molecule has 0 atom stereocenters. The summed E-state index contributed by atoms with van der Waals surface area (Å²) in [6.45, 7) is -1.40. The molecule has 0 aliphatic heterocycles. The highest BCUT2D eigenvalue weighted by Gasteiger charge is 2.10. The van der Waals surface area contributed by atoms with Crippen LogP contribution in [0.2, 0.25) is 0 Å². The van der Waals surface area contributed by atoms with E-state index in [2.05, 4.69) is 30.1 Å². The van der Waals surface area contributed by atoms with Crippen molar-refractivity contribution >= 4 is 23.4 Å². The zero-order chi connectivity index (χ0) is 19.8. The van der Waals surface area contributed by atoms with Crippen molar-refractivity contribution in [3.05, 3.63) is 35.8 Å². The van der Waals surface area contributed by atoms with E-state index < -0.39 is 18.2 Å². The van der Waals surface area contributed by atoms with Crippen LogP contribution in [0.25, 0.3) is 0 Å². The van der Waals surface area contributed by atoms with Gasteiger partial charge >= 0.3 is 12.6 Å². The average Bonchev–Trinajstić information content (AvgIpc) is 2.65. The number of aryl methyl sites for hydroxylation is 1. The van der Waals surface area contributed by atoms with Crippen molar-refractivity contribution in [2.24, 2.45) is 15.9 Å².